The van der Waals surface area contributed by atoms with E-state index in [0.29, 0.717) is 5.82 Å². The molecule has 0 fully saturated rings. The summed E-state index contributed by atoms with van der Waals surface area (Å²) in [4.78, 5) is 9.03. The molecule has 0 saturated carbocycles. The van der Waals surface area contributed by atoms with Gasteiger partial charge in [-0.25, -0.2) is 9.97 Å². The SMILES string of the molecule is CCCCCCCc1n[nH]c2c(N)nc(CCCC)nc12. The molecule has 0 aliphatic rings. The normalized spacial score (nSPS) is 11.3. The van der Waals surface area contributed by atoms with Crippen LogP contribution in [0.25, 0.3) is 11.0 Å². The Morgan fingerprint density at radius 1 is 0.905 bits per heavy atom. The average Bonchev–Trinajstić information content (AvgIpc) is 2.89. The van der Waals surface area contributed by atoms with E-state index >= 15 is 0 Å². The van der Waals surface area contributed by atoms with Crippen LogP contribution in [0.2, 0.25) is 0 Å². The van der Waals surface area contributed by atoms with Gasteiger partial charge in [-0.15, -0.1) is 0 Å². The van der Waals surface area contributed by atoms with E-state index in [2.05, 4.69) is 34.0 Å². The fourth-order valence-corrected chi connectivity index (χ4v) is 2.54. The fraction of sp³-hybridized carbons (Fsp3) is 0.688. The molecule has 0 aliphatic heterocycles. The highest BCUT2D eigenvalue weighted by molar-refractivity contribution is 5.85. The minimum absolute atomic E-state index is 0.524. The van der Waals surface area contributed by atoms with Gasteiger partial charge in [0.25, 0.3) is 0 Å². The van der Waals surface area contributed by atoms with Gasteiger partial charge in [0.15, 0.2) is 5.82 Å². The van der Waals surface area contributed by atoms with Crippen molar-refractivity contribution in [3.8, 4) is 0 Å². The van der Waals surface area contributed by atoms with Gasteiger partial charge in [0.1, 0.15) is 16.9 Å². The second kappa shape index (κ2) is 7.96. The number of unbranched alkanes of at least 4 members (excludes halogenated alkanes) is 5. The van der Waals surface area contributed by atoms with Gasteiger partial charge >= 0.3 is 0 Å². The predicted octanol–water partition coefficient (Wildman–Crippen LogP) is 3.79. The van der Waals surface area contributed by atoms with Crippen LogP contribution in [0.3, 0.4) is 0 Å². The first-order valence-corrected chi connectivity index (χ1v) is 8.25. The van der Waals surface area contributed by atoms with Crippen molar-refractivity contribution in [1.29, 1.82) is 0 Å². The van der Waals surface area contributed by atoms with Crippen LogP contribution >= 0.6 is 0 Å². The summed E-state index contributed by atoms with van der Waals surface area (Å²) in [6.07, 6.45) is 10.4. The molecule has 0 saturated heterocycles. The largest absolute Gasteiger partial charge is 0.382 e. The molecular formula is C16H27N5. The highest BCUT2D eigenvalue weighted by atomic mass is 15.2. The molecule has 0 unspecified atom stereocenters. The number of nitrogens with one attached hydrogen (secondary N) is 1. The number of aryl methyl sites for hydroxylation is 2. The number of hydrogen-bond acceptors (Lipinski definition) is 4. The van der Waals surface area contributed by atoms with Gasteiger partial charge in [-0.2, -0.15) is 5.10 Å². The number of aromatic amines is 1. The van der Waals surface area contributed by atoms with Gasteiger partial charge in [-0.05, 0) is 19.3 Å². The molecule has 2 heterocycles. The number of nitrogens with two attached hydrogens (primary N) is 1. The number of rotatable bonds is 9. The van der Waals surface area contributed by atoms with Crippen molar-refractivity contribution in [3.63, 3.8) is 0 Å². The smallest absolute Gasteiger partial charge is 0.153 e. The second-order valence-electron chi connectivity index (χ2n) is 5.69. The monoisotopic (exact) mass is 289 g/mol. The third-order valence-corrected chi connectivity index (χ3v) is 3.83. The van der Waals surface area contributed by atoms with Crippen LogP contribution in [0.5, 0.6) is 0 Å². The predicted molar refractivity (Wildman–Crippen MR) is 87.2 cm³/mol. The van der Waals surface area contributed by atoms with Crippen LogP contribution in [0.1, 0.15) is 70.3 Å². The molecule has 0 bridgehead atoms. The number of H-pyrrole nitrogens is 1. The summed E-state index contributed by atoms with van der Waals surface area (Å²) in [6.45, 7) is 4.40. The highest BCUT2D eigenvalue weighted by Crippen LogP contribution is 2.20. The lowest BCUT2D eigenvalue weighted by Crippen LogP contribution is -2.01. The Bertz CT molecular complexity index is 561. The van der Waals surface area contributed by atoms with Gasteiger partial charge in [0.05, 0.1) is 5.69 Å². The summed E-state index contributed by atoms with van der Waals surface area (Å²) >= 11 is 0. The van der Waals surface area contributed by atoms with Crippen molar-refractivity contribution in [2.75, 3.05) is 5.73 Å². The van der Waals surface area contributed by atoms with E-state index in [-0.39, 0.29) is 0 Å². The Hall–Kier alpha value is -1.65. The van der Waals surface area contributed by atoms with E-state index in [9.17, 15) is 0 Å². The fourth-order valence-electron chi connectivity index (χ4n) is 2.54. The van der Waals surface area contributed by atoms with Gasteiger partial charge in [-0.3, -0.25) is 5.10 Å². The Morgan fingerprint density at radius 3 is 2.43 bits per heavy atom. The molecule has 0 amide bonds. The van der Waals surface area contributed by atoms with E-state index < -0.39 is 0 Å². The maximum atomic E-state index is 6.01. The van der Waals surface area contributed by atoms with Crippen LogP contribution in [-0.4, -0.2) is 20.2 Å². The van der Waals surface area contributed by atoms with Crippen molar-refractivity contribution in [1.82, 2.24) is 20.2 Å². The summed E-state index contributed by atoms with van der Waals surface area (Å²) in [7, 11) is 0. The number of fused-ring (bicyclic) bond motifs is 1. The molecule has 5 heteroatoms. The minimum atomic E-state index is 0.524. The molecule has 0 radical (unpaired) electrons. The van der Waals surface area contributed by atoms with Gasteiger partial charge in [0.2, 0.25) is 0 Å². The highest BCUT2D eigenvalue weighted by Gasteiger charge is 2.12. The lowest BCUT2D eigenvalue weighted by atomic mass is 10.1. The zero-order valence-corrected chi connectivity index (χ0v) is 13.3. The first-order chi connectivity index (χ1) is 10.3. The molecule has 21 heavy (non-hydrogen) atoms. The third kappa shape index (κ3) is 4.16. The number of hydrogen-bond donors (Lipinski definition) is 2. The summed E-state index contributed by atoms with van der Waals surface area (Å²) < 4.78 is 0. The lowest BCUT2D eigenvalue weighted by molar-refractivity contribution is 0.628. The number of anilines is 1. The van der Waals surface area contributed by atoms with Crippen molar-refractivity contribution in [2.45, 2.75) is 71.6 Å². The first-order valence-electron chi connectivity index (χ1n) is 8.25. The molecule has 5 nitrogen and oxygen atoms in total. The number of aromatic nitrogens is 4. The van der Waals surface area contributed by atoms with Crippen LogP contribution in [0, 0.1) is 0 Å². The van der Waals surface area contributed by atoms with E-state index in [1.165, 1.54) is 25.7 Å². The molecule has 0 aromatic carbocycles. The van der Waals surface area contributed by atoms with E-state index in [1.54, 1.807) is 0 Å². The van der Waals surface area contributed by atoms with Crippen LogP contribution in [0.4, 0.5) is 5.82 Å². The van der Waals surface area contributed by atoms with Crippen molar-refractivity contribution in [2.24, 2.45) is 0 Å². The maximum absolute atomic E-state index is 6.01. The summed E-state index contributed by atoms with van der Waals surface area (Å²) in [5.74, 6) is 1.37. The Balaban J connectivity index is 2.07. The Morgan fingerprint density at radius 2 is 1.67 bits per heavy atom. The van der Waals surface area contributed by atoms with Gasteiger partial charge in [-0.1, -0.05) is 46.0 Å². The van der Waals surface area contributed by atoms with Gasteiger partial charge in [0, 0.05) is 6.42 Å². The second-order valence-corrected chi connectivity index (χ2v) is 5.69. The van der Waals surface area contributed by atoms with E-state index in [4.69, 9.17) is 5.73 Å². The molecular weight excluding hydrogens is 262 g/mol. The van der Waals surface area contributed by atoms with Crippen molar-refractivity contribution < 1.29 is 0 Å². The molecule has 0 atom stereocenters. The molecule has 0 spiro atoms. The van der Waals surface area contributed by atoms with Crippen molar-refractivity contribution in [3.05, 3.63) is 11.5 Å². The molecule has 2 rings (SSSR count). The Labute approximate surface area is 126 Å². The quantitative estimate of drug-likeness (QED) is 0.688. The standard InChI is InChI=1S/C16H27N5/c1-3-5-7-8-9-10-12-14-15(21-20-12)16(17)19-13(18-14)11-6-4-2/h3-11H2,1-2H3,(H,20,21)(H2,17,18,19). The van der Waals surface area contributed by atoms with Gasteiger partial charge < -0.3 is 5.73 Å². The Kier molecular flexibility index (Phi) is 5.96. The van der Waals surface area contributed by atoms with Crippen LogP contribution in [0.15, 0.2) is 0 Å². The van der Waals surface area contributed by atoms with Crippen LogP contribution in [-0.2, 0) is 12.8 Å². The maximum Gasteiger partial charge on any atom is 0.153 e. The molecule has 2 aromatic rings. The van der Waals surface area contributed by atoms with Crippen molar-refractivity contribution >= 4 is 16.9 Å². The summed E-state index contributed by atoms with van der Waals surface area (Å²) in [5, 5.41) is 7.38. The zero-order valence-electron chi connectivity index (χ0n) is 13.3. The number of nitrogen functional groups attached to an aromatic ring is 1. The van der Waals surface area contributed by atoms with Crippen LogP contribution < -0.4 is 5.73 Å². The van der Waals surface area contributed by atoms with E-state index in [1.807, 2.05) is 0 Å². The molecule has 3 N–H and O–H groups in total. The minimum Gasteiger partial charge on any atom is -0.382 e. The molecule has 116 valence electrons. The first kappa shape index (κ1) is 15.7. The molecule has 2 aromatic heterocycles. The molecule has 0 aliphatic carbocycles. The summed E-state index contributed by atoms with van der Waals surface area (Å²) in [6, 6.07) is 0. The zero-order chi connectivity index (χ0) is 15.1. The third-order valence-electron chi connectivity index (χ3n) is 3.83. The summed E-state index contributed by atoms with van der Waals surface area (Å²) in [5.41, 5.74) is 8.76. The average molecular weight is 289 g/mol. The number of nitrogens with zero attached hydrogens (tertiary/aromatic N) is 3. The lowest BCUT2D eigenvalue weighted by Gasteiger charge is -2.03. The topological polar surface area (TPSA) is 80.5 Å². The van der Waals surface area contributed by atoms with E-state index in [0.717, 1.165) is 54.7 Å².